The minimum absolute atomic E-state index is 0.0210. The Balaban J connectivity index is 2.16. The number of hydrogen-bond acceptors (Lipinski definition) is 4. The summed E-state index contributed by atoms with van der Waals surface area (Å²) in [7, 11) is 0. The van der Waals surface area contributed by atoms with Gasteiger partial charge in [0, 0.05) is 23.2 Å². The fraction of sp³-hybridized carbons (Fsp3) is 0.500. The van der Waals surface area contributed by atoms with Crippen LogP contribution in [0.15, 0.2) is 22.7 Å². The van der Waals surface area contributed by atoms with Gasteiger partial charge in [-0.1, -0.05) is 22.9 Å². The van der Waals surface area contributed by atoms with Crippen molar-refractivity contribution in [2.24, 2.45) is 5.92 Å². The lowest BCUT2D eigenvalue weighted by Gasteiger charge is -2.36. The molecule has 2 rings (SSSR count). The number of nitrogens with zero attached hydrogens (tertiary/aromatic N) is 2. The van der Waals surface area contributed by atoms with E-state index in [0.717, 1.165) is 18.5 Å². The number of halogens is 1. The molecular formula is C14H17BrN2O4. The smallest absolute Gasteiger partial charge is 0.320 e. The lowest BCUT2D eigenvalue weighted by molar-refractivity contribution is -0.384. The Morgan fingerprint density at radius 3 is 2.86 bits per heavy atom. The highest BCUT2D eigenvalue weighted by Crippen LogP contribution is 2.28. The van der Waals surface area contributed by atoms with Crippen molar-refractivity contribution in [2.45, 2.75) is 32.4 Å². The van der Waals surface area contributed by atoms with Crippen LogP contribution in [0.2, 0.25) is 0 Å². The lowest BCUT2D eigenvalue weighted by atomic mass is 9.92. The lowest BCUT2D eigenvalue weighted by Crippen LogP contribution is -2.46. The standard InChI is InChI=1S/C14H17BrN2O4/c1-9-4-5-16(13(6-9)14(18)19)8-10-2-3-11(17(20)21)7-12(10)15/h2-3,7,9,13H,4-6,8H2,1H3,(H,18,19). The van der Waals surface area contributed by atoms with Crippen molar-refractivity contribution in [3.05, 3.63) is 38.3 Å². The molecule has 2 atom stereocenters. The van der Waals surface area contributed by atoms with Crippen molar-refractivity contribution in [3.63, 3.8) is 0 Å². The molecule has 0 amide bonds. The summed E-state index contributed by atoms with van der Waals surface area (Å²) >= 11 is 3.33. The largest absolute Gasteiger partial charge is 0.480 e. The molecular weight excluding hydrogens is 340 g/mol. The molecule has 6 nitrogen and oxygen atoms in total. The SMILES string of the molecule is CC1CCN(Cc2ccc([N+](=O)[O-])cc2Br)C(C(=O)O)C1. The molecule has 7 heteroatoms. The van der Waals surface area contributed by atoms with Gasteiger partial charge in [-0.05, 0) is 36.9 Å². The zero-order valence-electron chi connectivity index (χ0n) is 11.7. The molecule has 1 aromatic carbocycles. The topological polar surface area (TPSA) is 83.7 Å². The van der Waals surface area contributed by atoms with Gasteiger partial charge in [0.2, 0.25) is 0 Å². The summed E-state index contributed by atoms with van der Waals surface area (Å²) in [4.78, 5) is 23.6. The Morgan fingerprint density at radius 1 is 1.57 bits per heavy atom. The first-order chi connectivity index (χ1) is 9.88. The van der Waals surface area contributed by atoms with E-state index in [0.29, 0.717) is 23.4 Å². The van der Waals surface area contributed by atoms with Gasteiger partial charge in [-0.2, -0.15) is 0 Å². The van der Waals surface area contributed by atoms with Gasteiger partial charge in [0.05, 0.1) is 4.92 Å². The van der Waals surface area contributed by atoms with Gasteiger partial charge in [0.1, 0.15) is 6.04 Å². The Labute approximate surface area is 131 Å². The van der Waals surface area contributed by atoms with Crippen LogP contribution in [0.25, 0.3) is 0 Å². The zero-order valence-corrected chi connectivity index (χ0v) is 13.2. The quantitative estimate of drug-likeness (QED) is 0.661. The van der Waals surface area contributed by atoms with E-state index in [1.54, 1.807) is 6.07 Å². The van der Waals surface area contributed by atoms with Crippen molar-refractivity contribution >= 4 is 27.6 Å². The van der Waals surface area contributed by atoms with Crippen LogP contribution in [0, 0.1) is 16.0 Å². The predicted molar refractivity (Wildman–Crippen MR) is 81.0 cm³/mol. The number of likely N-dealkylation sites (tertiary alicyclic amines) is 1. The fourth-order valence-electron chi connectivity index (χ4n) is 2.63. The number of hydrogen-bond donors (Lipinski definition) is 1. The molecule has 1 saturated heterocycles. The molecule has 0 radical (unpaired) electrons. The van der Waals surface area contributed by atoms with Gasteiger partial charge in [0.15, 0.2) is 0 Å². The number of nitro benzene ring substituents is 1. The van der Waals surface area contributed by atoms with E-state index in [1.807, 2.05) is 4.90 Å². The minimum Gasteiger partial charge on any atom is -0.480 e. The highest BCUT2D eigenvalue weighted by molar-refractivity contribution is 9.10. The molecule has 21 heavy (non-hydrogen) atoms. The Hall–Kier alpha value is -1.47. The second-order valence-corrected chi connectivity index (χ2v) is 6.34. The first-order valence-corrected chi connectivity index (χ1v) is 7.57. The van der Waals surface area contributed by atoms with Crippen LogP contribution in [-0.4, -0.2) is 33.5 Å². The van der Waals surface area contributed by atoms with Crippen molar-refractivity contribution in [1.29, 1.82) is 0 Å². The molecule has 1 aliphatic rings. The van der Waals surface area contributed by atoms with E-state index >= 15 is 0 Å². The summed E-state index contributed by atoms with van der Waals surface area (Å²) in [6.07, 6.45) is 1.61. The fourth-order valence-corrected chi connectivity index (χ4v) is 3.13. The number of rotatable bonds is 4. The second-order valence-electron chi connectivity index (χ2n) is 5.49. The highest BCUT2D eigenvalue weighted by Gasteiger charge is 2.31. The van der Waals surface area contributed by atoms with E-state index in [9.17, 15) is 20.0 Å². The van der Waals surface area contributed by atoms with Crippen LogP contribution < -0.4 is 0 Å². The molecule has 0 saturated carbocycles. The maximum atomic E-state index is 11.4. The first-order valence-electron chi connectivity index (χ1n) is 6.78. The molecule has 0 bridgehead atoms. The van der Waals surface area contributed by atoms with Crippen LogP contribution in [0.3, 0.4) is 0 Å². The number of benzene rings is 1. The van der Waals surface area contributed by atoms with Gasteiger partial charge in [-0.3, -0.25) is 19.8 Å². The van der Waals surface area contributed by atoms with Crippen molar-refractivity contribution in [3.8, 4) is 0 Å². The number of carboxylic acids is 1. The number of aliphatic carboxylic acids is 1. The van der Waals surface area contributed by atoms with Crippen molar-refractivity contribution in [2.75, 3.05) is 6.54 Å². The number of piperidine rings is 1. The minimum atomic E-state index is -0.806. The normalized spacial score (nSPS) is 23.0. The third-order valence-corrected chi connectivity index (χ3v) is 4.62. The molecule has 1 aliphatic heterocycles. The Bertz CT molecular complexity index is 564. The van der Waals surface area contributed by atoms with E-state index in [1.165, 1.54) is 12.1 Å². The van der Waals surface area contributed by atoms with E-state index < -0.39 is 16.9 Å². The van der Waals surface area contributed by atoms with Crippen LogP contribution in [0.5, 0.6) is 0 Å². The van der Waals surface area contributed by atoms with Crippen LogP contribution in [-0.2, 0) is 11.3 Å². The van der Waals surface area contributed by atoms with Crippen LogP contribution >= 0.6 is 15.9 Å². The third kappa shape index (κ3) is 3.79. The van der Waals surface area contributed by atoms with Crippen LogP contribution in [0.1, 0.15) is 25.3 Å². The summed E-state index contributed by atoms with van der Waals surface area (Å²) in [6, 6.07) is 4.09. The zero-order chi connectivity index (χ0) is 15.6. The molecule has 1 fully saturated rings. The van der Waals surface area contributed by atoms with Gasteiger partial charge in [0.25, 0.3) is 5.69 Å². The van der Waals surface area contributed by atoms with Gasteiger partial charge in [-0.25, -0.2) is 0 Å². The van der Waals surface area contributed by atoms with Gasteiger partial charge < -0.3 is 5.11 Å². The maximum Gasteiger partial charge on any atom is 0.320 e. The summed E-state index contributed by atoms with van der Waals surface area (Å²) < 4.78 is 0.638. The third-order valence-electron chi connectivity index (χ3n) is 3.88. The number of carbonyl (C=O) groups is 1. The second kappa shape index (κ2) is 6.53. The molecule has 114 valence electrons. The maximum absolute atomic E-state index is 11.4. The molecule has 0 aliphatic carbocycles. The summed E-state index contributed by atoms with van der Waals surface area (Å²) in [5.41, 5.74) is 0.883. The monoisotopic (exact) mass is 356 g/mol. The Morgan fingerprint density at radius 2 is 2.29 bits per heavy atom. The molecule has 1 heterocycles. The van der Waals surface area contributed by atoms with Crippen molar-refractivity contribution < 1.29 is 14.8 Å². The molecule has 0 aromatic heterocycles. The number of carboxylic acid groups (broad SMARTS) is 1. The van der Waals surface area contributed by atoms with E-state index in [2.05, 4.69) is 22.9 Å². The van der Waals surface area contributed by atoms with Crippen LogP contribution in [0.4, 0.5) is 5.69 Å². The Kier molecular flexibility index (Phi) is 4.95. The molecule has 1 N–H and O–H groups in total. The first kappa shape index (κ1) is 15.9. The van der Waals surface area contributed by atoms with Gasteiger partial charge in [-0.15, -0.1) is 0 Å². The van der Waals surface area contributed by atoms with E-state index in [-0.39, 0.29) is 5.69 Å². The molecule has 0 spiro atoms. The summed E-state index contributed by atoms with van der Waals surface area (Å²) in [5, 5.41) is 20.1. The summed E-state index contributed by atoms with van der Waals surface area (Å²) in [6.45, 7) is 3.26. The number of non-ortho nitro benzene ring substituents is 1. The van der Waals surface area contributed by atoms with Gasteiger partial charge >= 0.3 is 5.97 Å². The summed E-state index contributed by atoms with van der Waals surface area (Å²) in [5.74, 6) is -0.401. The predicted octanol–water partition coefficient (Wildman–Crippen LogP) is 3.04. The molecule has 2 unspecified atom stereocenters. The average molecular weight is 357 g/mol. The molecule has 1 aromatic rings. The van der Waals surface area contributed by atoms with Crippen molar-refractivity contribution in [1.82, 2.24) is 4.90 Å². The highest BCUT2D eigenvalue weighted by atomic mass is 79.9. The average Bonchev–Trinajstić information content (AvgIpc) is 2.42. The van der Waals surface area contributed by atoms with E-state index in [4.69, 9.17) is 0 Å². The number of nitro groups is 1.